The lowest BCUT2D eigenvalue weighted by molar-refractivity contribution is 0.0954. The Hall–Kier alpha value is -1.71. The van der Waals surface area contributed by atoms with Gasteiger partial charge in [-0.05, 0) is 25.0 Å². The van der Waals surface area contributed by atoms with Gasteiger partial charge in [-0.2, -0.15) is 5.10 Å². The summed E-state index contributed by atoms with van der Waals surface area (Å²) in [5, 5.41) is 3.94. The summed E-state index contributed by atoms with van der Waals surface area (Å²) in [6.07, 6.45) is 14.9. The molecule has 1 aromatic heterocycles. The van der Waals surface area contributed by atoms with Gasteiger partial charge in [0, 0.05) is 18.6 Å². The van der Waals surface area contributed by atoms with Gasteiger partial charge in [0.2, 0.25) is 0 Å². The number of aromatic nitrogens is 1. The van der Waals surface area contributed by atoms with Gasteiger partial charge in [-0.3, -0.25) is 9.78 Å². The number of unbranched alkanes of at least 4 members (excludes halogenated alkanes) is 7. The van der Waals surface area contributed by atoms with E-state index in [0.717, 1.165) is 12.8 Å². The summed E-state index contributed by atoms with van der Waals surface area (Å²) in [6, 6.07) is 3.45. The van der Waals surface area contributed by atoms with Crippen molar-refractivity contribution < 1.29 is 4.79 Å². The third-order valence-corrected chi connectivity index (χ3v) is 3.12. The minimum absolute atomic E-state index is 0.214. The zero-order chi connectivity index (χ0) is 14.5. The van der Waals surface area contributed by atoms with Crippen molar-refractivity contribution in [3.63, 3.8) is 0 Å². The first-order chi connectivity index (χ1) is 9.84. The van der Waals surface area contributed by atoms with Crippen LogP contribution in [0, 0.1) is 0 Å². The summed E-state index contributed by atoms with van der Waals surface area (Å²) in [7, 11) is 0. The Labute approximate surface area is 121 Å². The van der Waals surface area contributed by atoms with Gasteiger partial charge in [-0.25, -0.2) is 5.43 Å². The van der Waals surface area contributed by atoms with E-state index in [9.17, 15) is 4.79 Å². The van der Waals surface area contributed by atoms with Crippen molar-refractivity contribution in [2.45, 2.75) is 58.3 Å². The van der Waals surface area contributed by atoms with Crippen LogP contribution in [0.15, 0.2) is 29.6 Å². The van der Waals surface area contributed by atoms with Crippen molar-refractivity contribution in [2.24, 2.45) is 5.10 Å². The smallest absolute Gasteiger partial charge is 0.267 e. The van der Waals surface area contributed by atoms with Gasteiger partial charge in [0.1, 0.15) is 0 Å². The zero-order valence-electron chi connectivity index (χ0n) is 12.3. The first-order valence-electron chi connectivity index (χ1n) is 7.56. The fourth-order valence-corrected chi connectivity index (χ4v) is 1.92. The second-order valence-corrected chi connectivity index (χ2v) is 4.90. The van der Waals surface area contributed by atoms with E-state index < -0.39 is 0 Å². The predicted octanol–water partition coefficient (Wildman–Crippen LogP) is 3.94. The molecule has 1 N–H and O–H groups in total. The van der Waals surface area contributed by atoms with E-state index in [1.54, 1.807) is 24.5 Å². The topological polar surface area (TPSA) is 54.4 Å². The monoisotopic (exact) mass is 275 g/mol. The molecule has 0 radical (unpaired) electrons. The fraction of sp³-hybridized carbons (Fsp3) is 0.562. The maximum atomic E-state index is 11.6. The van der Waals surface area contributed by atoms with Crippen LogP contribution < -0.4 is 5.43 Å². The normalized spacial score (nSPS) is 10.8. The molecule has 0 aliphatic rings. The van der Waals surface area contributed by atoms with E-state index in [1.807, 2.05) is 0 Å². The molecule has 0 atom stereocenters. The predicted molar refractivity (Wildman–Crippen MR) is 82.8 cm³/mol. The number of rotatable bonds is 10. The summed E-state index contributed by atoms with van der Waals surface area (Å²) >= 11 is 0. The lowest BCUT2D eigenvalue weighted by Gasteiger charge is -1.99. The average molecular weight is 275 g/mol. The molecule has 0 bridgehead atoms. The molecule has 0 spiro atoms. The van der Waals surface area contributed by atoms with Gasteiger partial charge in [-0.15, -0.1) is 0 Å². The molecule has 0 saturated carbocycles. The van der Waals surface area contributed by atoms with Gasteiger partial charge in [0.15, 0.2) is 0 Å². The number of hydrogen-bond acceptors (Lipinski definition) is 3. The molecule has 1 aromatic rings. The van der Waals surface area contributed by atoms with Crippen LogP contribution in [0.3, 0.4) is 0 Å². The number of hydrogen-bond donors (Lipinski definition) is 1. The molecule has 20 heavy (non-hydrogen) atoms. The Balaban J connectivity index is 2.01. The highest BCUT2D eigenvalue weighted by molar-refractivity contribution is 5.93. The van der Waals surface area contributed by atoms with E-state index in [-0.39, 0.29) is 5.91 Å². The largest absolute Gasteiger partial charge is 0.272 e. The van der Waals surface area contributed by atoms with Gasteiger partial charge in [0.25, 0.3) is 5.91 Å². The van der Waals surface area contributed by atoms with Crippen molar-refractivity contribution in [3.8, 4) is 0 Å². The third-order valence-electron chi connectivity index (χ3n) is 3.12. The second kappa shape index (κ2) is 11.1. The van der Waals surface area contributed by atoms with Crippen molar-refractivity contribution in [1.29, 1.82) is 0 Å². The molecular formula is C16H25N3O. The zero-order valence-corrected chi connectivity index (χ0v) is 12.3. The maximum Gasteiger partial charge on any atom is 0.272 e. The van der Waals surface area contributed by atoms with E-state index in [4.69, 9.17) is 0 Å². The summed E-state index contributed by atoms with van der Waals surface area (Å²) in [4.78, 5) is 15.5. The highest BCUT2D eigenvalue weighted by Crippen LogP contribution is 2.07. The highest BCUT2D eigenvalue weighted by Gasteiger charge is 2.01. The van der Waals surface area contributed by atoms with Crippen LogP contribution in [0.5, 0.6) is 0 Å². The number of nitrogens with one attached hydrogen (secondary N) is 1. The number of carbonyl (C=O) groups is 1. The molecule has 1 heterocycles. The molecular weight excluding hydrogens is 250 g/mol. The lowest BCUT2D eigenvalue weighted by Crippen LogP contribution is -2.17. The molecule has 0 aliphatic carbocycles. The summed E-state index contributed by atoms with van der Waals surface area (Å²) in [6.45, 7) is 2.23. The molecule has 4 nitrogen and oxygen atoms in total. The van der Waals surface area contributed by atoms with Crippen LogP contribution in [0.2, 0.25) is 0 Å². The highest BCUT2D eigenvalue weighted by atomic mass is 16.2. The van der Waals surface area contributed by atoms with Crippen LogP contribution >= 0.6 is 0 Å². The van der Waals surface area contributed by atoms with Crippen LogP contribution in [-0.4, -0.2) is 17.1 Å². The number of nitrogens with zero attached hydrogens (tertiary/aromatic N) is 2. The molecule has 4 heteroatoms. The molecule has 0 aliphatic heterocycles. The Morgan fingerprint density at radius 2 is 2.00 bits per heavy atom. The molecule has 0 saturated heterocycles. The third kappa shape index (κ3) is 7.67. The summed E-state index contributed by atoms with van der Waals surface area (Å²) < 4.78 is 0. The quantitative estimate of drug-likeness (QED) is 0.399. The van der Waals surface area contributed by atoms with Gasteiger partial charge in [0.05, 0.1) is 5.56 Å². The molecule has 0 unspecified atom stereocenters. The van der Waals surface area contributed by atoms with Crippen LogP contribution in [-0.2, 0) is 0 Å². The van der Waals surface area contributed by atoms with E-state index in [1.165, 1.54) is 44.7 Å². The Bertz CT molecular complexity index is 390. The molecule has 110 valence electrons. The van der Waals surface area contributed by atoms with Crippen LogP contribution in [0.1, 0.15) is 68.6 Å². The van der Waals surface area contributed by atoms with Crippen molar-refractivity contribution >= 4 is 12.1 Å². The van der Waals surface area contributed by atoms with Crippen molar-refractivity contribution in [1.82, 2.24) is 10.4 Å². The first-order valence-corrected chi connectivity index (χ1v) is 7.56. The SMILES string of the molecule is CCCCCCCCCC=NNC(=O)c1cccnc1. The Morgan fingerprint density at radius 1 is 1.25 bits per heavy atom. The summed E-state index contributed by atoms with van der Waals surface area (Å²) in [5.74, 6) is -0.214. The fourth-order valence-electron chi connectivity index (χ4n) is 1.92. The van der Waals surface area contributed by atoms with Gasteiger partial charge < -0.3 is 0 Å². The van der Waals surface area contributed by atoms with Crippen molar-refractivity contribution in [2.75, 3.05) is 0 Å². The molecule has 0 fully saturated rings. The minimum atomic E-state index is -0.214. The minimum Gasteiger partial charge on any atom is -0.267 e. The Morgan fingerprint density at radius 3 is 2.70 bits per heavy atom. The Kier molecular flexibility index (Phi) is 9.11. The number of hydrazone groups is 1. The lowest BCUT2D eigenvalue weighted by atomic mass is 10.1. The van der Waals surface area contributed by atoms with E-state index in [0.29, 0.717) is 5.56 Å². The molecule has 1 rings (SSSR count). The molecule has 0 aromatic carbocycles. The summed E-state index contributed by atoms with van der Waals surface area (Å²) in [5.41, 5.74) is 3.04. The number of pyridine rings is 1. The standard InChI is InChI=1S/C16H25N3O/c1-2-3-4-5-6-7-8-9-13-18-19-16(20)15-11-10-12-17-14-15/h10-14H,2-9H2,1H3,(H,19,20). The number of carbonyl (C=O) groups excluding carboxylic acids is 1. The second-order valence-electron chi connectivity index (χ2n) is 4.90. The van der Waals surface area contributed by atoms with E-state index in [2.05, 4.69) is 22.4 Å². The van der Waals surface area contributed by atoms with Crippen LogP contribution in [0.25, 0.3) is 0 Å². The van der Waals surface area contributed by atoms with Crippen molar-refractivity contribution in [3.05, 3.63) is 30.1 Å². The average Bonchev–Trinajstić information content (AvgIpc) is 2.50. The van der Waals surface area contributed by atoms with Gasteiger partial charge in [-0.1, -0.05) is 45.4 Å². The maximum absolute atomic E-state index is 11.6. The van der Waals surface area contributed by atoms with Gasteiger partial charge >= 0.3 is 0 Å². The number of amides is 1. The first kappa shape index (κ1) is 16.3. The molecule has 1 amide bonds. The van der Waals surface area contributed by atoms with Crippen LogP contribution in [0.4, 0.5) is 0 Å². The van der Waals surface area contributed by atoms with E-state index >= 15 is 0 Å².